The molecule has 1 rings (SSSR count). The summed E-state index contributed by atoms with van der Waals surface area (Å²) < 4.78 is 22.8. The second kappa shape index (κ2) is 11.2. The van der Waals surface area contributed by atoms with Crippen molar-refractivity contribution in [3.63, 3.8) is 0 Å². The highest BCUT2D eigenvalue weighted by atomic mass is 35.5. The lowest BCUT2D eigenvalue weighted by Crippen LogP contribution is -2.37. The number of nitro benzene ring substituents is 1. The lowest BCUT2D eigenvalue weighted by atomic mass is 10.0. The second-order valence-electron chi connectivity index (χ2n) is 5.48. The fourth-order valence-electron chi connectivity index (χ4n) is 2.48. The van der Waals surface area contributed by atoms with Crippen molar-refractivity contribution in [2.45, 2.75) is 44.6 Å². The standard InChI is InChI=1S/C15H18Cl2N2O6S/c16-14(20)5-1-3-11(4-2-6-15(17)21)18(26(24)25)12-7-9-13(10-8-12)19(22)23/h7-11H,1-6H2,(H,24,25). The molecule has 26 heavy (non-hydrogen) atoms. The molecule has 1 N–H and O–H groups in total. The monoisotopic (exact) mass is 424 g/mol. The smallest absolute Gasteiger partial charge is 0.269 e. The first kappa shape index (κ1) is 22.5. The van der Waals surface area contributed by atoms with E-state index in [1.165, 1.54) is 28.6 Å². The minimum Gasteiger partial charge on any atom is -0.289 e. The topological polar surface area (TPSA) is 118 Å². The Balaban J connectivity index is 2.99. The van der Waals surface area contributed by atoms with Gasteiger partial charge in [-0.1, -0.05) is 0 Å². The van der Waals surface area contributed by atoms with E-state index >= 15 is 0 Å². The van der Waals surface area contributed by atoms with Crippen LogP contribution in [0.1, 0.15) is 38.5 Å². The number of benzene rings is 1. The Kier molecular flexibility index (Phi) is 9.71. The average Bonchev–Trinajstić information content (AvgIpc) is 2.54. The molecule has 0 heterocycles. The minimum atomic E-state index is -2.40. The van der Waals surface area contributed by atoms with Crippen LogP contribution in [0, 0.1) is 10.1 Å². The van der Waals surface area contributed by atoms with Crippen molar-refractivity contribution in [2.75, 3.05) is 4.31 Å². The van der Waals surface area contributed by atoms with Gasteiger partial charge in [0.1, 0.15) is 0 Å². The van der Waals surface area contributed by atoms with Gasteiger partial charge in [0.15, 0.2) is 0 Å². The molecule has 144 valence electrons. The summed E-state index contributed by atoms with van der Waals surface area (Å²) in [5, 5.41) is 9.74. The number of carbonyl (C=O) groups excluding carboxylic acids is 2. The number of rotatable bonds is 12. The fourth-order valence-corrected chi connectivity index (χ4v) is 3.52. The van der Waals surface area contributed by atoms with Crippen LogP contribution in [-0.2, 0) is 20.9 Å². The molecule has 0 radical (unpaired) electrons. The Morgan fingerprint density at radius 1 is 1.12 bits per heavy atom. The predicted molar refractivity (Wildman–Crippen MR) is 99.6 cm³/mol. The van der Waals surface area contributed by atoms with Crippen molar-refractivity contribution >= 4 is 56.3 Å². The van der Waals surface area contributed by atoms with Crippen LogP contribution in [0.3, 0.4) is 0 Å². The number of nitro groups is 1. The van der Waals surface area contributed by atoms with E-state index in [1.54, 1.807) is 0 Å². The Morgan fingerprint density at radius 3 is 1.92 bits per heavy atom. The Hall–Kier alpha value is -1.55. The van der Waals surface area contributed by atoms with Crippen molar-refractivity contribution in [1.29, 1.82) is 0 Å². The Morgan fingerprint density at radius 2 is 1.58 bits per heavy atom. The maximum atomic E-state index is 11.9. The molecule has 0 bridgehead atoms. The molecule has 0 amide bonds. The SMILES string of the molecule is O=C(Cl)CCCC(CCCC(=O)Cl)N(c1ccc([N+](=O)[O-])cc1)S(=O)O. The third-order valence-electron chi connectivity index (χ3n) is 3.64. The lowest BCUT2D eigenvalue weighted by molar-refractivity contribution is -0.384. The van der Waals surface area contributed by atoms with Gasteiger partial charge in [-0.2, -0.15) is 0 Å². The third kappa shape index (κ3) is 7.77. The first-order chi connectivity index (χ1) is 12.2. The number of non-ortho nitro benzene ring substituents is 1. The predicted octanol–water partition coefficient (Wildman–Crippen LogP) is 3.78. The number of hydrogen-bond acceptors (Lipinski definition) is 5. The highest BCUT2D eigenvalue weighted by Crippen LogP contribution is 2.27. The number of carbonyl (C=O) groups is 2. The summed E-state index contributed by atoms with van der Waals surface area (Å²) >= 11 is 8.25. The van der Waals surface area contributed by atoms with Gasteiger partial charge in [-0.3, -0.25) is 28.6 Å². The van der Waals surface area contributed by atoms with Crippen LogP contribution in [0.15, 0.2) is 24.3 Å². The van der Waals surface area contributed by atoms with Gasteiger partial charge in [0, 0.05) is 31.0 Å². The summed E-state index contributed by atoms with van der Waals surface area (Å²) in [6, 6.07) is 4.74. The molecule has 1 atom stereocenters. The average molecular weight is 425 g/mol. The van der Waals surface area contributed by atoms with E-state index in [4.69, 9.17) is 23.2 Å². The molecule has 0 aromatic heterocycles. The normalized spacial score (nSPS) is 12.0. The van der Waals surface area contributed by atoms with Crippen molar-refractivity contribution < 1.29 is 23.3 Å². The number of hydrogen-bond donors (Lipinski definition) is 1. The Bertz CT molecular complexity index is 651. The summed E-state index contributed by atoms with van der Waals surface area (Å²) in [5.74, 6) is 0. The van der Waals surface area contributed by atoms with E-state index in [0.717, 1.165) is 0 Å². The molecule has 0 aliphatic heterocycles. The summed E-state index contributed by atoms with van der Waals surface area (Å²) in [5.41, 5.74) is 0.172. The van der Waals surface area contributed by atoms with E-state index in [-0.39, 0.29) is 18.5 Å². The molecule has 1 unspecified atom stereocenters. The largest absolute Gasteiger partial charge is 0.289 e. The zero-order valence-electron chi connectivity index (χ0n) is 13.7. The van der Waals surface area contributed by atoms with E-state index in [9.17, 15) is 28.5 Å². The summed E-state index contributed by atoms with van der Waals surface area (Å²) in [6.07, 6.45) is 1.75. The zero-order chi connectivity index (χ0) is 19.7. The Labute approximate surface area is 163 Å². The first-order valence-electron chi connectivity index (χ1n) is 7.73. The number of anilines is 1. The maximum absolute atomic E-state index is 11.9. The van der Waals surface area contributed by atoms with Gasteiger partial charge >= 0.3 is 0 Å². The van der Waals surface area contributed by atoms with Crippen LogP contribution in [0.5, 0.6) is 0 Å². The minimum absolute atomic E-state index is 0.110. The van der Waals surface area contributed by atoms with Crippen molar-refractivity contribution in [3.05, 3.63) is 34.4 Å². The van der Waals surface area contributed by atoms with Crippen molar-refractivity contribution in [2.24, 2.45) is 0 Å². The van der Waals surface area contributed by atoms with Crippen molar-refractivity contribution in [3.8, 4) is 0 Å². The van der Waals surface area contributed by atoms with Crippen LogP contribution >= 0.6 is 23.2 Å². The molecule has 11 heteroatoms. The highest BCUT2D eigenvalue weighted by molar-refractivity contribution is 7.80. The van der Waals surface area contributed by atoms with Crippen LogP contribution in [0.25, 0.3) is 0 Å². The highest BCUT2D eigenvalue weighted by Gasteiger charge is 2.24. The molecule has 1 aromatic rings. The maximum Gasteiger partial charge on any atom is 0.269 e. The van der Waals surface area contributed by atoms with E-state index in [1.807, 2.05) is 0 Å². The molecule has 0 saturated heterocycles. The quantitative estimate of drug-likeness (QED) is 0.236. The third-order valence-corrected chi connectivity index (χ3v) is 4.86. The van der Waals surface area contributed by atoms with E-state index in [0.29, 0.717) is 31.4 Å². The molecule has 0 aliphatic rings. The van der Waals surface area contributed by atoms with Crippen molar-refractivity contribution in [1.82, 2.24) is 0 Å². The number of halogens is 2. The summed E-state index contributed by atoms with van der Waals surface area (Å²) in [6.45, 7) is 0. The van der Waals surface area contributed by atoms with Gasteiger partial charge in [0.05, 0.1) is 10.6 Å². The van der Waals surface area contributed by atoms with Crippen LogP contribution in [-0.4, -0.2) is 30.2 Å². The molecule has 0 spiro atoms. The van der Waals surface area contributed by atoms with Gasteiger partial charge in [0.25, 0.3) is 17.0 Å². The summed E-state index contributed by atoms with van der Waals surface area (Å²) in [7, 11) is 0. The fraction of sp³-hybridized carbons (Fsp3) is 0.467. The van der Waals surface area contributed by atoms with Crippen LogP contribution in [0.4, 0.5) is 11.4 Å². The van der Waals surface area contributed by atoms with Gasteiger partial charge in [-0.05, 0) is 61.0 Å². The molecular formula is C15H18Cl2N2O6S. The molecule has 0 aliphatic carbocycles. The van der Waals surface area contributed by atoms with Gasteiger partial charge < -0.3 is 0 Å². The van der Waals surface area contributed by atoms with Gasteiger partial charge in [-0.25, -0.2) is 4.21 Å². The molecule has 0 fully saturated rings. The van der Waals surface area contributed by atoms with Crippen LogP contribution < -0.4 is 4.31 Å². The lowest BCUT2D eigenvalue weighted by Gasteiger charge is -2.30. The van der Waals surface area contributed by atoms with Gasteiger partial charge in [-0.15, -0.1) is 0 Å². The van der Waals surface area contributed by atoms with Crippen LogP contribution in [0.2, 0.25) is 0 Å². The molecular weight excluding hydrogens is 407 g/mol. The second-order valence-corrected chi connectivity index (χ2v) is 7.18. The van der Waals surface area contributed by atoms with E-state index < -0.39 is 32.7 Å². The molecule has 8 nitrogen and oxygen atoms in total. The summed E-state index contributed by atoms with van der Waals surface area (Å²) in [4.78, 5) is 32.0. The molecule has 1 aromatic carbocycles. The zero-order valence-corrected chi connectivity index (χ0v) is 16.0. The van der Waals surface area contributed by atoms with Gasteiger partial charge in [0.2, 0.25) is 10.5 Å². The number of nitrogens with zero attached hydrogens (tertiary/aromatic N) is 2. The van der Waals surface area contributed by atoms with E-state index in [2.05, 4.69) is 0 Å². The first-order valence-corrected chi connectivity index (χ1v) is 9.55. The molecule has 0 saturated carbocycles.